The summed E-state index contributed by atoms with van der Waals surface area (Å²) in [5.74, 6) is 0.286. The van der Waals surface area contributed by atoms with Gasteiger partial charge in [-0.1, -0.05) is 19.1 Å². The Morgan fingerprint density at radius 1 is 1.28 bits per heavy atom. The van der Waals surface area contributed by atoms with Gasteiger partial charge in [0, 0.05) is 37.3 Å². The molecular formula is C17H22Cl2FN3O2. The maximum absolute atomic E-state index is 13.1. The van der Waals surface area contributed by atoms with Crippen molar-refractivity contribution >= 4 is 30.7 Å². The molecule has 0 fully saturated rings. The van der Waals surface area contributed by atoms with Gasteiger partial charge in [0.1, 0.15) is 11.6 Å². The molecule has 8 heteroatoms. The predicted molar refractivity (Wildman–Crippen MR) is 100 cm³/mol. The van der Waals surface area contributed by atoms with Crippen molar-refractivity contribution in [2.75, 3.05) is 13.6 Å². The van der Waals surface area contributed by atoms with Gasteiger partial charge in [-0.05, 0) is 24.7 Å². The van der Waals surface area contributed by atoms with E-state index in [0.29, 0.717) is 24.7 Å². The Bertz CT molecular complexity index is 657. The standard InChI is InChI=1S/C17H20FN3O2.2ClH/c1-12(9-19-2)17(22)21-11-13-6-7-16(20-10-13)23-15-5-3-4-14(18)8-15;;/h3-8,10,12,19H,9,11H2,1-2H3,(H,21,22);2*1H. The number of aromatic nitrogens is 1. The Morgan fingerprint density at radius 3 is 2.64 bits per heavy atom. The van der Waals surface area contributed by atoms with Crippen molar-refractivity contribution in [2.24, 2.45) is 5.92 Å². The fraction of sp³-hybridized carbons (Fsp3) is 0.294. The van der Waals surface area contributed by atoms with Crippen molar-refractivity contribution in [3.05, 3.63) is 54.0 Å². The second-order valence-electron chi connectivity index (χ2n) is 5.24. The van der Waals surface area contributed by atoms with Crippen LogP contribution in [0.1, 0.15) is 12.5 Å². The molecule has 5 nitrogen and oxygen atoms in total. The predicted octanol–water partition coefficient (Wildman–Crippen LogP) is 3.33. The molecule has 0 spiro atoms. The van der Waals surface area contributed by atoms with Gasteiger partial charge in [-0.15, -0.1) is 24.8 Å². The highest BCUT2D eigenvalue weighted by Gasteiger charge is 2.11. The van der Waals surface area contributed by atoms with Crippen LogP contribution in [0, 0.1) is 11.7 Å². The summed E-state index contributed by atoms with van der Waals surface area (Å²) < 4.78 is 18.5. The van der Waals surface area contributed by atoms with Gasteiger partial charge in [-0.25, -0.2) is 9.37 Å². The number of hydrogen-bond acceptors (Lipinski definition) is 4. The van der Waals surface area contributed by atoms with Crippen LogP contribution in [0.2, 0.25) is 0 Å². The Labute approximate surface area is 159 Å². The summed E-state index contributed by atoms with van der Waals surface area (Å²) >= 11 is 0. The summed E-state index contributed by atoms with van der Waals surface area (Å²) in [5.41, 5.74) is 0.863. The number of hydrogen-bond donors (Lipinski definition) is 2. The van der Waals surface area contributed by atoms with Crippen LogP contribution < -0.4 is 15.4 Å². The van der Waals surface area contributed by atoms with E-state index in [4.69, 9.17) is 4.74 Å². The molecule has 0 saturated heterocycles. The molecular weight excluding hydrogens is 368 g/mol. The molecule has 1 unspecified atom stereocenters. The van der Waals surface area contributed by atoms with Gasteiger partial charge in [0.25, 0.3) is 0 Å². The lowest BCUT2D eigenvalue weighted by Crippen LogP contribution is -2.33. The molecule has 2 N–H and O–H groups in total. The Morgan fingerprint density at radius 2 is 2.04 bits per heavy atom. The zero-order chi connectivity index (χ0) is 16.7. The van der Waals surface area contributed by atoms with E-state index < -0.39 is 0 Å². The summed E-state index contributed by atoms with van der Waals surface area (Å²) in [6, 6.07) is 9.36. The summed E-state index contributed by atoms with van der Waals surface area (Å²) in [6.45, 7) is 2.89. The van der Waals surface area contributed by atoms with Crippen molar-refractivity contribution in [3.63, 3.8) is 0 Å². The van der Waals surface area contributed by atoms with Gasteiger partial charge in [0.2, 0.25) is 11.8 Å². The van der Waals surface area contributed by atoms with Crippen LogP contribution in [0.25, 0.3) is 0 Å². The minimum atomic E-state index is -0.363. The highest BCUT2D eigenvalue weighted by molar-refractivity contribution is 5.85. The third-order valence-electron chi connectivity index (χ3n) is 3.24. The van der Waals surface area contributed by atoms with Crippen molar-refractivity contribution < 1.29 is 13.9 Å². The molecule has 1 aromatic carbocycles. The molecule has 1 atom stereocenters. The van der Waals surface area contributed by atoms with Crippen molar-refractivity contribution in [2.45, 2.75) is 13.5 Å². The van der Waals surface area contributed by atoms with E-state index in [2.05, 4.69) is 15.6 Å². The van der Waals surface area contributed by atoms with Gasteiger partial charge in [-0.2, -0.15) is 0 Å². The van der Waals surface area contributed by atoms with Gasteiger partial charge >= 0.3 is 0 Å². The molecule has 0 aliphatic rings. The fourth-order valence-electron chi connectivity index (χ4n) is 1.99. The normalized spacial score (nSPS) is 10.8. The molecule has 0 saturated carbocycles. The largest absolute Gasteiger partial charge is 0.439 e. The average molecular weight is 390 g/mol. The summed E-state index contributed by atoms with van der Waals surface area (Å²) in [5, 5.41) is 5.82. The Hall–Kier alpha value is -1.89. The molecule has 0 aliphatic heterocycles. The molecule has 138 valence electrons. The van der Waals surface area contributed by atoms with E-state index in [1.54, 1.807) is 24.4 Å². The number of ether oxygens (including phenoxy) is 1. The van der Waals surface area contributed by atoms with Gasteiger partial charge in [-0.3, -0.25) is 4.79 Å². The number of rotatable bonds is 7. The van der Waals surface area contributed by atoms with Crippen molar-refractivity contribution in [1.29, 1.82) is 0 Å². The smallest absolute Gasteiger partial charge is 0.224 e. The third-order valence-corrected chi connectivity index (χ3v) is 3.24. The highest BCUT2D eigenvalue weighted by Crippen LogP contribution is 2.19. The molecule has 2 aromatic rings. The van der Waals surface area contributed by atoms with Crippen LogP contribution in [0.15, 0.2) is 42.6 Å². The number of carbonyl (C=O) groups is 1. The van der Waals surface area contributed by atoms with E-state index in [1.807, 2.05) is 20.0 Å². The average Bonchev–Trinajstić information content (AvgIpc) is 2.54. The zero-order valence-corrected chi connectivity index (χ0v) is 15.6. The van der Waals surface area contributed by atoms with E-state index in [9.17, 15) is 9.18 Å². The van der Waals surface area contributed by atoms with Crippen LogP contribution in [0.5, 0.6) is 11.6 Å². The Balaban J connectivity index is 0.00000288. The minimum absolute atomic E-state index is 0. The van der Waals surface area contributed by atoms with E-state index in [0.717, 1.165) is 5.56 Å². The van der Waals surface area contributed by atoms with Gasteiger partial charge in [0.15, 0.2) is 0 Å². The maximum atomic E-state index is 13.1. The molecule has 2 rings (SSSR count). The second-order valence-corrected chi connectivity index (χ2v) is 5.24. The number of halogens is 3. The monoisotopic (exact) mass is 389 g/mol. The minimum Gasteiger partial charge on any atom is -0.439 e. The first kappa shape index (κ1) is 23.1. The van der Waals surface area contributed by atoms with E-state index in [1.165, 1.54) is 12.1 Å². The number of nitrogens with one attached hydrogen (secondary N) is 2. The highest BCUT2D eigenvalue weighted by atomic mass is 35.5. The first-order valence-corrected chi connectivity index (χ1v) is 7.39. The van der Waals surface area contributed by atoms with E-state index >= 15 is 0 Å². The first-order valence-electron chi connectivity index (χ1n) is 7.39. The van der Waals surface area contributed by atoms with Crippen LogP contribution >= 0.6 is 24.8 Å². The fourth-order valence-corrected chi connectivity index (χ4v) is 1.99. The number of pyridine rings is 1. The lowest BCUT2D eigenvalue weighted by Gasteiger charge is -2.11. The lowest BCUT2D eigenvalue weighted by atomic mass is 10.1. The number of amides is 1. The van der Waals surface area contributed by atoms with E-state index in [-0.39, 0.29) is 42.5 Å². The first-order chi connectivity index (χ1) is 11.1. The lowest BCUT2D eigenvalue weighted by molar-refractivity contribution is -0.124. The molecule has 1 amide bonds. The second kappa shape index (κ2) is 11.6. The van der Waals surface area contributed by atoms with Crippen LogP contribution in [0.3, 0.4) is 0 Å². The molecule has 0 aliphatic carbocycles. The van der Waals surface area contributed by atoms with Gasteiger partial charge in [0.05, 0.1) is 0 Å². The Kier molecular flexibility index (Phi) is 10.7. The number of benzene rings is 1. The number of nitrogens with zero attached hydrogens (tertiary/aromatic N) is 1. The molecule has 0 radical (unpaired) electrons. The number of carbonyl (C=O) groups excluding carboxylic acids is 1. The van der Waals surface area contributed by atoms with Crippen molar-refractivity contribution in [3.8, 4) is 11.6 Å². The molecule has 0 bridgehead atoms. The zero-order valence-electron chi connectivity index (χ0n) is 14.0. The molecule has 1 aromatic heterocycles. The van der Waals surface area contributed by atoms with Gasteiger partial charge < -0.3 is 15.4 Å². The van der Waals surface area contributed by atoms with Crippen LogP contribution in [0.4, 0.5) is 4.39 Å². The SMILES string of the molecule is CNCC(C)C(=O)NCc1ccc(Oc2cccc(F)c2)nc1.Cl.Cl. The van der Waals surface area contributed by atoms with Crippen molar-refractivity contribution in [1.82, 2.24) is 15.6 Å². The maximum Gasteiger partial charge on any atom is 0.224 e. The molecule has 1 heterocycles. The molecule has 25 heavy (non-hydrogen) atoms. The van der Waals surface area contributed by atoms with Crippen LogP contribution in [-0.2, 0) is 11.3 Å². The summed E-state index contributed by atoms with van der Waals surface area (Å²) in [6.07, 6.45) is 1.62. The summed E-state index contributed by atoms with van der Waals surface area (Å²) in [7, 11) is 1.81. The third kappa shape index (κ3) is 7.69. The summed E-state index contributed by atoms with van der Waals surface area (Å²) in [4.78, 5) is 16.0. The topological polar surface area (TPSA) is 63.2 Å². The van der Waals surface area contributed by atoms with Crippen LogP contribution in [-0.4, -0.2) is 24.5 Å². The quantitative estimate of drug-likeness (QED) is 0.762.